The van der Waals surface area contributed by atoms with Crippen LogP contribution in [0.25, 0.3) is 22.2 Å². The predicted molar refractivity (Wildman–Crippen MR) is 136 cm³/mol. The first-order chi connectivity index (χ1) is 16.1. The number of para-hydroxylation sites is 1. The normalized spacial score (nSPS) is 11.9. The van der Waals surface area contributed by atoms with E-state index < -0.39 is 0 Å². The number of H-pyrrole nitrogens is 1. The van der Waals surface area contributed by atoms with Gasteiger partial charge in [0.05, 0.1) is 11.4 Å². The molecule has 168 valence electrons. The molecule has 3 aromatic carbocycles. The molecule has 0 spiro atoms. The molecule has 0 fully saturated rings. The maximum Gasteiger partial charge on any atom is 0.227 e. The first-order valence-corrected chi connectivity index (χ1v) is 12.1. The zero-order valence-corrected chi connectivity index (χ0v) is 19.1. The lowest BCUT2D eigenvalue weighted by atomic mass is 9.87. The number of benzene rings is 3. The molecule has 0 saturated heterocycles. The Morgan fingerprint density at radius 3 is 2.30 bits per heavy atom. The van der Waals surface area contributed by atoms with Crippen LogP contribution in [-0.2, 0) is 9.59 Å². The SMILES string of the molecule is NC(=O)CSCCC(=O)NC[C@H](c1ccccc1)c1c(-c2ccccc2)[nH]c2ccccc12. The summed E-state index contributed by atoms with van der Waals surface area (Å²) < 4.78 is 0. The minimum atomic E-state index is -0.364. The molecular formula is C27H27N3O2S. The number of carbonyl (C=O) groups excluding carboxylic acids is 2. The van der Waals surface area contributed by atoms with Crippen LogP contribution in [0.2, 0.25) is 0 Å². The first-order valence-electron chi connectivity index (χ1n) is 11.0. The maximum atomic E-state index is 12.6. The van der Waals surface area contributed by atoms with Crippen molar-refractivity contribution in [3.05, 3.63) is 96.1 Å². The van der Waals surface area contributed by atoms with Crippen LogP contribution < -0.4 is 11.1 Å². The molecule has 5 nitrogen and oxygen atoms in total. The van der Waals surface area contributed by atoms with Crippen molar-refractivity contribution in [2.45, 2.75) is 12.3 Å². The minimum Gasteiger partial charge on any atom is -0.369 e. The highest BCUT2D eigenvalue weighted by atomic mass is 32.2. The van der Waals surface area contributed by atoms with Gasteiger partial charge in [-0.1, -0.05) is 78.9 Å². The van der Waals surface area contributed by atoms with Crippen molar-refractivity contribution in [1.82, 2.24) is 10.3 Å². The van der Waals surface area contributed by atoms with E-state index in [4.69, 9.17) is 5.73 Å². The minimum absolute atomic E-state index is 0.0280. The van der Waals surface area contributed by atoms with Crippen molar-refractivity contribution < 1.29 is 9.59 Å². The van der Waals surface area contributed by atoms with Crippen LogP contribution in [0.5, 0.6) is 0 Å². The van der Waals surface area contributed by atoms with Gasteiger partial charge in [-0.05, 0) is 22.8 Å². The van der Waals surface area contributed by atoms with Gasteiger partial charge in [0, 0.05) is 35.5 Å². The largest absolute Gasteiger partial charge is 0.369 e. The third-order valence-electron chi connectivity index (χ3n) is 5.58. The van der Waals surface area contributed by atoms with Gasteiger partial charge in [-0.25, -0.2) is 0 Å². The molecule has 33 heavy (non-hydrogen) atoms. The van der Waals surface area contributed by atoms with E-state index >= 15 is 0 Å². The van der Waals surface area contributed by atoms with Gasteiger partial charge in [0.15, 0.2) is 0 Å². The second-order valence-corrected chi connectivity index (χ2v) is 8.97. The molecule has 1 aromatic heterocycles. The van der Waals surface area contributed by atoms with Gasteiger partial charge in [-0.3, -0.25) is 9.59 Å². The average molecular weight is 458 g/mol. The standard InChI is InChI=1S/C27H27N3O2S/c28-24(31)18-33-16-15-25(32)29-17-22(19-9-3-1-4-10-19)26-21-13-7-8-14-23(21)30-27(26)20-11-5-2-6-12-20/h1-14,22,30H,15-18H2,(H2,28,31)(H,29,32)/t22-/m1/s1. The smallest absolute Gasteiger partial charge is 0.227 e. The Kier molecular flexibility index (Phi) is 7.47. The van der Waals surface area contributed by atoms with Gasteiger partial charge in [0.2, 0.25) is 11.8 Å². The molecule has 0 aliphatic rings. The Morgan fingerprint density at radius 1 is 0.909 bits per heavy atom. The van der Waals surface area contributed by atoms with Crippen LogP contribution in [0.15, 0.2) is 84.9 Å². The molecular weight excluding hydrogens is 430 g/mol. The summed E-state index contributed by atoms with van der Waals surface area (Å²) >= 11 is 1.38. The fraction of sp³-hybridized carbons (Fsp3) is 0.185. The van der Waals surface area contributed by atoms with E-state index in [0.717, 1.165) is 27.7 Å². The van der Waals surface area contributed by atoms with Gasteiger partial charge >= 0.3 is 0 Å². The molecule has 4 rings (SSSR count). The third kappa shape index (κ3) is 5.65. The van der Waals surface area contributed by atoms with Crippen LogP contribution >= 0.6 is 11.8 Å². The summed E-state index contributed by atoms with van der Waals surface area (Å²) in [5.41, 5.74) is 10.7. The molecule has 0 saturated carbocycles. The molecule has 4 N–H and O–H groups in total. The first kappa shape index (κ1) is 22.7. The second kappa shape index (κ2) is 10.9. The second-order valence-electron chi connectivity index (χ2n) is 7.86. The van der Waals surface area contributed by atoms with Crippen LogP contribution in [0, 0.1) is 0 Å². The van der Waals surface area contributed by atoms with Crippen molar-refractivity contribution in [3.8, 4) is 11.3 Å². The maximum absolute atomic E-state index is 12.6. The van der Waals surface area contributed by atoms with E-state index in [1.807, 2.05) is 48.5 Å². The van der Waals surface area contributed by atoms with Crippen LogP contribution in [0.3, 0.4) is 0 Å². The van der Waals surface area contributed by atoms with Crippen molar-refractivity contribution in [1.29, 1.82) is 0 Å². The fourth-order valence-electron chi connectivity index (χ4n) is 4.07. The van der Waals surface area contributed by atoms with Crippen molar-refractivity contribution >= 4 is 34.5 Å². The van der Waals surface area contributed by atoms with Gasteiger partial charge < -0.3 is 16.0 Å². The number of nitrogens with one attached hydrogen (secondary N) is 2. The molecule has 0 aliphatic carbocycles. The Labute approximate surface area is 197 Å². The summed E-state index contributed by atoms with van der Waals surface area (Å²) in [7, 11) is 0. The monoisotopic (exact) mass is 457 g/mol. The van der Waals surface area contributed by atoms with Gasteiger partial charge in [0.25, 0.3) is 0 Å². The molecule has 0 aliphatic heterocycles. The number of hydrogen-bond acceptors (Lipinski definition) is 3. The van der Waals surface area contributed by atoms with Crippen LogP contribution in [-0.4, -0.2) is 34.8 Å². The van der Waals surface area contributed by atoms with Gasteiger partial charge in [-0.2, -0.15) is 11.8 Å². The average Bonchev–Trinajstić information content (AvgIpc) is 3.23. The molecule has 0 radical (unpaired) electrons. The molecule has 4 aromatic rings. The number of aromatic amines is 1. The number of amides is 2. The van der Waals surface area contributed by atoms with E-state index in [0.29, 0.717) is 18.7 Å². The van der Waals surface area contributed by atoms with Gasteiger partial charge in [-0.15, -0.1) is 0 Å². The number of nitrogens with two attached hydrogens (primary N) is 1. The molecule has 0 bridgehead atoms. The molecule has 6 heteroatoms. The molecule has 0 unspecified atom stereocenters. The Hall–Kier alpha value is -3.51. The molecule has 1 heterocycles. The zero-order chi connectivity index (χ0) is 23.0. The van der Waals surface area contributed by atoms with Crippen molar-refractivity contribution in [3.63, 3.8) is 0 Å². The Morgan fingerprint density at radius 2 is 1.58 bits per heavy atom. The molecule has 1 atom stereocenters. The number of aromatic nitrogens is 1. The fourth-order valence-corrected chi connectivity index (χ4v) is 4.75. The number of carbonyl (C=O) groups is 2. The van der Waals surface area contributed by atoms with Crippen molar-refractivity contribution in [2.24, 2.45) is 5.73 Å². The number of fused-ring (bicyclic) bond motifs is 1. The number of thioether (sulfide) groups is 1. The lowest BCUT2D eigenvalue weighted by Gasteiger charge is -2.20. The van der Waals surface area contributed by atoms with Gasteiger partial charge in [0.1, 0.15) is 0 Å². The predicted octanol–water partition coefficient (Wildman–Crippen LogP) is 4.69. The van der Waals surface area contributed by atoms with Crippen molar-refractivity contribution in [2.75, 3.05) is 18.1 Å². The van der Waals surface area contributed by atoms with Crippen LogP contribution in [0.1, 0.15) is 23.5 Å². The lowest BCUT2D eigenvalue weighted by molar-refractivity contribution is -0.120. The summed E-state index contributed by atoms with van der Waals surface area (Å²) in [4.78, 5) is 27.1. The topological polar surface area (TPSA) is 88.0 Å². The highest BCUT2D eigenvalue weighted by Gasteiger charge is 2.23. The van der Waals surface area contributed by atoms with E-state index in [-0.39, 0.29) is 23.5 Å². The quantitative estimate of drug-likeness (QED) is 0.302. The Balaban J connectivity index is 1.66. The summed E-state index contributed by atoms with van der Waals surface area (Å²) in [6, 6.07) is 28.9. The highest BCUT2D eigenvalue weighted by molar-refractivity contribution is 7.99. The third-order valence-corrected chi connectivity index (χ3v) is 6.56. The Bertz CT molecular complexity index is 1220. The number of hydrogen-bond donors (Lipinski definition) is 3. The van der Waals surface area contributed by atoms with E-state index in [1.54, 1.807) is 0 Å². The van der Waals surface area contributed by atoms with E-state index in [9.17, 15) is 9.59 Å². The zero-order valence-electron chi connectivity index (χ0n) is 18.3. The summed E-state index contributed by atoms with van der Waals surface area (Å²) in [6.07, 6.45) is 0.346. The summed E-state index contributed by atoms with van der Waals surface area (Å²) in [6.45, 7) is 0.477. The summed E-state index contributed by atoms with van der Waals surface area (Å²) in [5, 5.41) is 4.27. The van der Waals surface area contributed by atoms with Crippen LogP contribution in [0.4, 0.5) is 0 Å². The molecule has 2 amide bonds. The van der Waals surface area contributed by atoms with E-state index in [2.05, 4.69) is 46.7 Å². The highest BCUT2D eigenvalue weighted by Crippen LogP contribution is 2.38. The number of primary amides is 1. The van der Waals surface area contributed by atoms with E-state index in [1.165, 1.54) is 17.3 Å². The summed E-state index contributed by atoms with van der Waals surface area (Å²) in [5.74, 6) is 0.370. The number of rotatable bonds is 10. The lowest BCUT2D eigenvalue weighted by Crippen LogP contribution is -2.29.